The van der Waals surface area contributed by atoms with E-state index in [1.807, 2.05) is 4.90 Å². The van der Waals surface area contributed by atoms with Crippen molar-refractivity contribution in [1.29, 1.82) is 0 Å². The molecule has 1 aromatic carbocycles. The number of likely N-dealkylation sites (N-methyl/N-ethyl adjacent to an activating group) is 1. The highest BCUT2D eigenvalue weighted by Gasteiger charge is 2.57. The minimum absolute atomic E-state index is 0.0654. The lowest BCUT2D eigenvalue weighted by molar-refractivity contribution is -0.883. The summed E-state index contributed by atoms with van der Waals surface area (Å²) in [6.07, 6.45) is 7.25. The van der Waals surface area contributed by atoms with Crippen molar-refractivity contribution in [2.75, 3.05) is 33.2 Å². The van der Waals surface area contributed by atoms with E-state index in [9.17, 15) is 9.59 Å². The molecule has 5 fully saturated rings. The maximum absolute atomic E-state index is 13.8. The number of carbonyl (C=O) groups is 2. The van der Waals surface area contributed by atoms with E-state index < -0.39 is 6.04 Å². The van der Waals surface area contributed by atoms with Crippen LogP contribution in [0.15, 0.2) is 24.3 Å². The number of amides is 2. The normalized spacial score (nSPS) is 34.1. The molecule has 30 heavy (non-hydrogen) atoms. The first-order chi connectivity index (χ1) is 14.4. The first-order valence-electron chi connectivity index (χ1n) is 11.6. The average Bonchev–Trinajstić information content (AvgIpc) is 2.71. The van der Waals surface area contributed by atoms with E-state index in [1.54, 1.807) is 24.3 Å². The Morgan fingerprint density at radius 3 is 2.10 bits per heavy atom. The SMILES string of the molecule is C[NH+]1CCN(C(=O)[C@H](NC(=O)c2ccc(Cl)cc2)C23CC4CC(CC(C4)C2)C3)CC1. The van der Waals surface area contributed by atoms with Crippen molar-refractivity contribution in [3.8, 4) is 0 Å². The van der Waals surface area contributed by atoms with Gasteiger partial charge in [-0.25, -0.2) is 0 Å². The summed E-state index contributed by atoms with van der Waals surface area (Å²) in [5, 5.41) is 3.85. The molecule has 162 valence electrons. The topological polar surface area (TPSA) is 53.9 Å². The number of halogens is 1. The molecule has 4 aliphatic carbocycles. The van der Waals surface area contributed by atoms with Crippen molar-refractivity contribution in [3.63, 3.8) is 0 Å². The molecule has 1 aromatic rings. The molecule has 2 amide bonds. The minimum atomic E-state index is -0.410. The van der Waals surface area contributed by atoms with Crippen LogP contribution in [0.25, 0.3) is 0 Å². The number of nitrogens with one attached hydrogen (secondary N) is 2. The van der Waals surface area contributed by atoms with Gasteiger partial charge in [0.2, 0.25) is 5.91 Å². The van der Waals surface area contributed by atoms with Crippen molar-refractivity contribution >= 4 is 23.4 Å². The quantitative estimate of drug-likeness (QED) is 0.767. The van der Waals surface area contributed by atoms with Crippen LogP contribution in [0.2, 0.25) is 5.02 Å². The van der Waals surface area contributed by atoms with E-state index in [0.29, 0.717) is 10.6 Å². The minimum Gasteiger partial charge on any atom is -0.340 e. The molecule has 1 saturated heterocycles. The summed E-state index contributed by atoms with van der Waals surface area (Å²) in [7, 11) is 2.18. The first-order valence-corrected chi connectivity index (χ1v) is 12.0. The molecule has 0 radical (unpaired) electrons. The number of hydrogen-bond donors (Lipinski definition) is 2. The van der Waals surface area contributed by atoms with Gasteiger partial charge in [-0.3, -0.25) is 9.59 Å². The Balaban J connectivity index is 1.42. The third kappa shape index (κ3) is 3.75. The molecule has 0 spiro atoms. The van der Waals surface area contributed by atoms with Crippen molar-refractivity contribution in [3.05, 3.63) is 34.9 Å². The standard InChI is InChI=1S/C24H32ClN3O2/c1-27-6-8-28(9-7-27)23(30)21(26-22(29)19-2-4-20(25)5-3-19)24-13-16-10-17(14-24)12-18(11-16)15-24/h2-5,16-18,21H,6-15H2,1H3,(H,26,29)/p+1/t16?,17?,18?,21-,24?/m0/s1. The number of carbonyl (C=O) groups excluding carboxylic acids is 2. The summed E-state index contributed by atoms with van der Waals surface area (Å²) in [4.78, 5) is 30.5. The van der Waals surface area contributed by atoms with Crippen LogP contribution in [0.5, 0.6) is 0 Å². The number of rotatable bonds is 4. The van der Waals surface area contributed by atoms with Crippen LogP contribution >= 0.6 is 11.6 Å². The van der Waals surface area contributed by atoms with Gasteiger partial charge in [-0.1, -0.05) is 11.6 Å². The van der Waals surface area contributed by atoms with E-state index in [-0.39, 0.29) is 17.2 Å². The summed E-state index contributed by atoms with van der Waals surface area (Å²) < 4.78 is 0. The maximum Gasteiger partial charge on any atom is 0.251 e. The molecule has 0 unspecified atom stereocenters. The highest BCUT2D eigenvalue weighted by atomic mass is 35.5. The van der Waals surface area contributed by atoms with Gasteiger partial charge in [0.05, 0.1) is 33.2 Å². The van der Waals surface area contributed by atoms with Crippen LogP contribution in [0.3, 0.4) is 0 Å². The Labute approximate surface area is 184 Å². The van der Waals surface area contributed by atoms with Gasteiger partial charge < -0.3 is 15.1 Å². The first kappa shape index (κ1) is 20.3. The van der Waals surface area contributed by atoms with Gasteiger partial charge in [0.1, 0.15) is 6.04 Å². The smallest absolute Gasteiger partial charge is 0.251 e. The Morgan fingerprint density at radius 2 is 1.57 bits per heavy atom. The fourth-order valence-corrected chi connectivity index (χ4v) is 7.24. The highest BCUT2D eigenvalue weighted by molar-refractivity contribution is 6.30. The molecule has 1 atom stereocenters. The molecule has 5 nitrogen and oxygen atoms in total. The number of piperazine rings is 1. The van der Waals surface area contributed by atoms with E-state index in [1.165, 1.54) is 24.2 Å². The fraction of sp³-hybridized carbons (Fsp3) is 0.667. The number of nitrogens with zero attached hydrogens (tertiary/aromatic N) is 1. The van der Waals surface area contributed by atoms with Gasteiger partial charge in [0, 0.05) is 16.0 Å². The fourth-order valence-electron chi connectivity index (χ4n) is 7.12. The molecule has 0 aromatic heterocycles. The summed E-state index contributed by atoms with van der Waals surface area (Å²) in [5.74, 6) is 2.19. The molecular weight excluding hydrogens is 398 g/mol. The lowest BCUT2D eigenvalue weighted by Crippen LogP contribution is -3.12. The van der Waals surface area contributed by atoms with Crippen molar-refractivity contribution < 1.29 is 14.5 Å². The zero-order valence-corrected chi connectivity index (χ0v) is 18.6. The Bertz CT molecular complexity index is 781. The van der Waals surface area contributed by atoms with Crippen molar-refractivity contribution in [1.82, 2.24) is 10.2 Å². The van der Waals surface area contributed by atoms with Crippen LogP contribution in [-0.2, 0) is 4.79 Å². The maximum atomic E-state index is 13.8. The summed E-state index contributed by atoms with van der Waals surface area (Å²) in [6.45, 7) is 3.52. The van der Waals surface area contributed by atoms with Crippen molar-refractivity contribution in [2.45, 2.75) is 44.6 Å². The molecule has 5 aliphatic rings. The molecule has 2 N–H and O–H groups in total. The number of hydrogen-bond acceptors (Lipinski definition) is 2. The molecular formula is C24H33ClN3O2+. The van der Waals surface area contributed by atoms with E-state index in [4.69, 9.17) is 11.6 Å². The Hall–Kier alpha value is -1.59. The number of quaternary nitrogens is 1. The Morgan fingerprint density at radius 1 is 1.03 bits per heavy atom. The monoisotopic (exact) mass is 430 g/mol. The summed E-state index contributed by atoms with van der Waals surface area (Å²) >= 11 is 6.00. The second-order valence-electron chi connectivity index (χ2n) is 10.5. The average molecular weight is 431 g/mol. The zero-order chi connectivity index (χ0) is 20.9. The Kier molecular flexibility index (Phi) is 5.30. The van der Waals surface area contributed by atoms with E-state index in [0.717, 1.165) is 63.2 Å². The summed E-state index contributed by atoms with van der Waals surface area (Å²) in [6, 6.07) is 6.56. The van der Waals surface area contributed by atoms with Crippen LogP contribution in [0.1, 0.15) is 48.9 Å². The molecule has 4 saturated carbocycles. The third-order valence-electron chi connectivity index (χ3n) is 8.26. The molecule has 6 heteroatoms. The van der Waals surface area contributed by atoms with Crippen LogP contribution in [-0.4, -0.2) is 56.0 Å². The van der Waals surface area contributed by atoms with Gasteiger partial charge in [-0.15, -0.1) is 0 Å². The van der Waals surface area contributed by atoms with Gasteiger partial charge in [0.15, 0.2) is 0 Å². The predicted molar refractivity (Wildman–Crippen MR) is 117 cm³/mol. The molecule has 6 rings (SSSR count). The van der Waals surface area contributed by atoms with Gasteiger partial charge in [-0.05, 0) is 80.5 Å². The second kappa shape index (κ2) is 7.83. The third-order valence-corrected chi connectivity index (χ3v) is 8.51. The van der Waals surface area contributed by atoms with E-state index >= 15 is 0 Å². The van der Waals surface area contributed by atoms with Gasteiger partial charge in [0.25, 0.3) is 5.91 Å². The van der Waals surface area contributed by atoms with Crippen LogP contribution in [0.4, 0.5) is 0 Å². The summed E-state index contributed by atoms with van der Waals surface area (Å²) in [5.41, 5.74) is 0.508. The van der Waals surface area contributed by atoms with E-state index in [2.05, 4.69) is 12.4 Å². The van der Waals surface area contributed by atoms with Crippen LogP contribution in [0, 0.1) is 23.2 Å². The molecule has 1 aliphatic heterocycles. The van der Waals surface area contributed by atoms with Gasteiger partial charge in [-0.2, -0.15) is 0 Å². The molecule has 4 bridgehead atoms. The molecule has 1 heterocycles. The lowest BCUT2D eigenvalue weighted by atomic mass is 9.47. The van der Waals surface area contributed by atoms with Crippen LogP contribution < -0.4 is 10.2 Å². The van der Waals surface area contributed by atoms with Crippen molar-refractivity contribution in [2.24, 2.45) is 23.2 Å². The van der Waals surface area contributed by atoms with Gasteiger partial charge >= 0.3 is 0 Å². The zero-order valence-electron chi connectivity index (χ0n) is 17.8. The largest absolute Gasteiger partial charge is 0.340 e. The lowest BCUT2D eigenvalue weighted by Gasteiger charge is -2.59. The second-order valence-corrected chi connectivity index (χ2v) is 10.9. The highest BCUT2D eigenvalue weighted by Crippen LogP contribution is 2.61. The number of benzene rings is 1. The predicted octanol–water partition coefficient (Wildman–Crippen LogP) is 2.01.